The second-order valence-electron chi connectivity index (χ2n) is 9.22. The molecule has 0 spiro atoms. The molecule has 0 N–H and O–H groups in total. The highest BCUT2D eigenvalue weighted by molar-refractivity contribution is 5.59. The van der Waals surface area contributed by atoms with Crippen molar-refractivity contribution in [3.05, 3.63) is 51.4 Å². The Morgan fingerprint density at radius 3 is 2.43 bits per heavy atom. The molecular formula is C25H36N4O. The van der Waals surface area contributed by atoms with Crippen molar-refractivity contribution in [3.63, 3.8) is 0 Å². The Morgan fingerprint density at radius 1 is 1.03 bits per heavy atom. The fourth-order valence-corrected chi connectivity index (χ4v) is 5.29. The molecule has 0 bridgehead atoms. The summed E-state index contributed by atoms with van der Waals surface area (Å²) in [4.78, 5) is 23.1. The van der Waals surface area contributed by atoms with Crippen molar-refractivity contribution in [2.75, 3.05) is 11.6 Å². The molecule has 1 fully saturated rings. The highest BCUT2D eigenvalue weighted by Crippen LogP contribution is 2.36. The van der Waals surface area contributed by atoms with E-state index in [0.717, 1.165) is 48.3 Å². The van der Waals surface area contributed by atoms with Crippen molar-refractivity contribution in [2.45, 2.75) is 79.4 Å². The minimum absolute atomic E-state index is 0.122. The molecule has 162 valence electrons. The second kappa shape index (κ2) is 8.54. The molecule has 30 heavy (non-hydrogen) atoms. The fraction of sp³-hybridized carbons (Fsp3) is 0.600. The van der Waals surface area contributed by atoms with Crippen LogP contribution in [0.15, 0.2) is 29.1 Å². The van der Waals surface area contributed by atoms with E-state index in [4.69, 9.17) is 4.98 Å². The fourth-order valence-electron chi connectivity index (χ4n) is 5.29. The van der Waals surface area contributed by atoms with Crippen molar-refractivity contribution in [3.8, 4) is 0 Å². The lowest BCUT2D eigenvalue weighted by atomic mass is 9.77. The van der Waals surface area contributed by atoms with Gasteiger partial charge in [0.05, 0.1) is 13.3 Å². The van der Waals surface area contributed by atoms with Gasteiger partial charge in [0, 0.05) is 23.0 Å². The number of benzene rings is 1. The van der Waals surface area contributed by atoms with Crippen molar-refractivity contribution < 1.29 is 0 Å². The van der Waals surface area contributed by atoms with Crippen LogP contribution < -0.4 is 10.5 Å². The number of nitrogens with zero attached hydrogens (tertiary/aromatic N) is 4. The number of aryl methyl sites for hydroxylation is 2. The Hall–Kier alpha value is -2.14. The predicted molar refractivity (Wildman–Crippen MR) is 123 cm³/mol. The van der Waals surface area contributed by atoms with E-state index >= 15 is 0 Å². The molecule has 1 aromatic carbocycles. The lowest BCUT2D eigenvalue weighted by Gasteiger charge is -2.46. The smallest absolute Gasteiger partial charge is 0.259 e. The molecule has 3 unspecified atom stereocenters. The van der Waals surface area contributed by atoms with Crippen LogP contribution in [0.4, 0.5) is 11.6 Å². The molecule has 0 radical (unpaired) electrons. The summed E-state index contributed by atoms with van der Waals surface area (Å²) >= 11 is 0. The molecule has 0 saturated heterocycles. The van der Waals surface area contributed by atoms with Crippen LogP contribution in [-0.2, 0) is 19.5 Å². The normalized spacial score (nSPS) is 24.7. The Morgan fingerprint density at radius 2 is 1.77 bits per heavy atom. The highest BCUT2D eigenvalue weighted by Gasteiger charge is 2.36. The standard InChI is InChI=1S/C25H36N4O/c1-6-20-11-13-21(14-12-20)28-15-27(23-10-8-9-17(3)18(23)4)16-29-24(30)22(7-2)19(5)26-25(28)29/h11-14,17-18,23H,6-10,15-16H2,1-5H3. The van der Waals surface area contributed by atoms with E-state index in [-0.39, 0.29) is 5.56 Å². The molecule has 0 amide bonds. The summed E-state index contributed by atoms with van der Waals surface area (Å²) in [6.07, 6.45) is 5.53. The molecule has 1 aliphatic carbocycles. The zero-order valence-corrected chi connectivity index (χ0v) is 19.2. The van der Waals surface area contributed by atoms with E-state index in [1.807, 2.05) is 18.4 Å². The van der Waals surface area contributed by atoms with Crippen molar-refractivity contribution in [1.82, 2.24) is 14.5 Å². The van der Waals surface area contributed by atoms with Gasteiger partial charge in [0.1, 0.15) is 0 Å². The van der Waals surface area contributed by atoms with Gasteiger partial charge in [-0.05, 0) is 55.7 Å². The topological polar surface area (TPSA) is 41.4 Å². The Balaban J connectivity index is 1.79. The Labute approximate surface area is 180 Å². The SMILES string of the molecule is CCc1ccc(N2CN(C3CCCC(C)C3C)Cn3c2nc(C)c(CC)c3=O)cc1. The number of fused-ring (bicyclic) bond motifs is 1. The number of hydrogen-bond donors (Lipinski definition) is 0. The van der Waals surface area contributed by atoms with Crippen LogP contribution in [0.5, 0.6) is 0 Å². The summed E-state index contributed by atoms with van der Waals surface area (Å²) in [7, 11) is 0. The Kier molecular flexibility index (Phi) is 6.01. The van der Waals surface area contributed by atoms with Crippen LogP contribution >= 0.6 is 0 Å². The lowest BCUT2D eigenvalue weighted by Crippen LogP contribution is -2.54. The number of hydrogen-bond acceptors (Lipinski definition) is 4. The van der Waals surface area contributed by atoms with Gasteiger partial charge in [-0.25, -0.2) is 4.98 Å². The third-order valence-electron chi connectivity index (χ3n) is 7.48. The van der Waals surface area contributed by atoms with Crippen molar-refractivity contribution in [1.29, 1.82) is 0 Å². The van der Waals surface area contributed by atoms with Crippen LogP contribution in [0, 0.1) is 18.8 Å². The lowest BCUT2D eigenvalue weighted by molar-refractivity contribution is 0.0491. The maximum atomic E-state index is 13.4. The molecule has 2 heterocycles. The minimum atomic E-state index is 0.122. The average Bonchev–Trinajstić information content (AvgIpc) is 2.76. The van der Waals surface area contributed by atoms with Crippen LogP contribution in [0.25, 0.3) is 0 Å². The van der Waals surface area contributed by atoms with E-state index in [1.165, 1.54) is 24.8 Å². The van der Waals surface area contributed by atoms with Gasteiger partial charge in [-0.15, -0.1) is 0 Å². The third-order valence-corrected chi connectivity index (χ3v) is 7.48. The van der Waals surface area contributed by atoms with Gasteiger partial charge in [0.25, 0.3) is 5.56 Å². The molecular weight excluding hydrogens is 372 g/mol. The first-order valence-corrected chi connectivity index (χ1v) is 11.6. The van der Waals surface area contributed by atoms with E-state index in [2.05, 4.69) is 54.8 Å². The number of aromatic nitrogens is 2. The highest BCUT2D eigenvalue weighted by atomic mass is 16.1. The molecule has 1 aliphatic heterocycles. The summed E-state index contributed by atoms with van der Waals surface area (Å²) in [6.45, 7) is 12.4. The van der Waals surface area contributed by atoms with E-state index in [0.29, 0.717) is 18.6 Å². The quantitative estimate of drug-likeness (QED) is 0.724. The first-order chi connectivity index (χ1) is 14.4. The van der Waals surface area contributed by atoms with Crippen LogP contribution in [0.2, 0.25) is 0 Å². The minimum Gasteiger partial charge on any atom is -0.298 e. The van der Waals surface area contributed by atoms with Gasteiger partial charge in [0.2, 0.25) is 5.95 Å². The van der Waals surface area contributed by atoms with E-state index < -0.39 is 0 Å². The monoisotopic (exact) mass is 408 g/mol. The molecule has 4 rings (SSSR count). The van der Waals surface area contributed by atoms with E-state index in [9.17, 15) is 4.79 Å². The number of anilines is 2. The molecule has 5 nitrogen and oxygen atoms in total. The molecule has 5 heteroatoms. The number of rotatable bonds is 4. The molecule has 2 aliphatic rings. The van der Waals surface area contributed by atoms with E-state index in [1.54, 1.807) is 0 Å². The summed E-state index contributed by atoms with van der Waals surface area (Å²) in [6, 6.07) is 9.23. The van der Waals surface area contributed by atoms with Gasteiger partial charge >= 0.3 is 0 Å². The molecule has 1 aromatic heterocycles. The Bertz CT molecular complexity index is 949. The average molecular weight is 409 g/mol. The molecule has 1 saturated carbocycles. The van der Waals surface area contributed by atoms with Crippen molar-refractivity contribution in [2.24, 2.45) is 11.8 Å². The first-order valence-electron chi connectivity index (χ1n) is 11.6. The van der Waals surface area contributed by atoms with Gasteiger partial charge in [-0.3, -0.25) is 19.2 Å². The third kappa shape index (κ3) is 3.68. The summed E-state index contributed by atoms with van der Waals surface area (Å²) in [5.74, 6) is 2.14. The van der Waals surface area contributed by atoms with Crippen LogP contribution in [0.1, 0.15) is 63.8 Å². The summed E-state index contributed by atoms with van der Waals surface area (Å²) in [5, 5.41) is 0. The van der Waals surface area contributed by atoms with Gasteiger partial charge < -0.3 is 0 Å². The van der Waals surface area contributed by atoms with Crippen molar-refractivity contribution >= 4 is 11.6 Å². The predicted octanol–water partition coefficient (Wildman–Crippen LogP) is 4.87. The summed E-state index contributed by atoms with van der Waals surface area (Å²) < 4.78 is 1.91. The zero-order valence-electron chi connectivity index (χ0n) is 19.2. The van der Waals surface area contributed by atoms with Gasteiger partial charge in [-0.1, -0.05) is 52.7 Å². The molecule has 2 aromatic rings. The first kappa shape index (κ1) is 21.1. The second-order valence-corrected chi connectivity index (χ2v) is 9.22. The van der Waals surface area contributed by atoms with Crippen LogP contribution in [-0.4, -0.2) is 27.2 Å². The zero-order chi connectivity index (χ0) is 21.4. The van der Waals surface area contributed by atoms with Gasteiger partial charge in [-0.2, -0.15) is 0 Å². The van der Waals surface area contributed by atoms with Crippen LogP contribution in [0.3, 0.4) is 0 Å². The maximum absolute atomic E-state index is 13.4. The molecule has 3 atom stereocenters. The summed E-state index contributed by atoms with van der Waals surface area (Å²) in [5.41, 5.74) is 4.25. The maximum Gasteiger partial charge on any atom is 0.259 e. The largest absolute Gasteiger partial charge is 0.298 e. The van der Waals surface area contributed by atoms with Gasteiger partial charge in [0.15, 0.2) is 0 Å².